The van der Waals surface area contributed by atoms with Crippen molar-refractivity contribution in [3.05, 3.63) is 0 Å². The monoisotopic (exact) mass is 256 g/mol. The van der Waals surface area contributed by atoms with Gasteiger partial charge in [-0.2, -0.15) is 0 Å². The van der Waals surface area contributed by atoms with Crippen LogP contribution in [0.25, 0.3) is 0 Å². The molecule has 13 heavy (non-hydrogen) atoms. The molecular weight excluding hydrogens is 253 g/mol. The van der Waals surface area contributed by atoms with Gasteiger partial charge in [0.25, 0.3) is 15.6 Å². The Morgan fingerprint density at radius 1 is 0.846 bits per heavy atom. The molecular formula is H3O10P3-2. The third kappa shape index (κ3) is 8.73. The lowest BCUT2D eigenvalue weighted by Gasteiger charge is -2.22. The third-order valence-electron chi connectivity index (χ3n) is 0.413. The fourth-order valence-electron chi connectivity index (χ4n) is 0.276. The first-order valence-corrected chi connectivity index (χ1v) is 6.73. The van der Waals surface area contributed by atoms with E-state index in [1.165, 1.54) is 0 Å². The summed E-state index contributed by atoms with van der Waals surface area (Å²) in [6, 6.07) is 0. The first-order chi connectivity index (χ1) is 5.41. The molecule has 0 rings (SSSR count). The van der Waals surface area contributed by atoms with E-state index in [1.807, 2.05) is 0 Å². The Morgan fingerprint density at radius 2 is 1.08 bits per heavy atom. The summed E-state index contributed by atoms with van der Waals surface area (Å²) in [5, 5.41) is 0. The summed E-state index contributed by atoms with van der Waals surface area (Å²) in [6.45, 7) is 0. The molecule has 2 atom stereocenters. The second-order valence-corrected chi connectivity index (χ2v) is 5.69. The summed E-state index contributed by atoms with van der Waals surface area (Å²) in [5.74, 6) is 0. The SMILES string of the molecule is O=P([O-])(O)OP(=O)(O)OP(=O)([O-])O. The fourth-order valence-corrected chi connectivity index (χ4v) is 2.75. The Balaban J connectivity index is 4.54. The van der Waals surface area contributed by atoms with Gasteiger partial charge >= 0.3 is 7.82 Å². The van der Waals surface area contributed by atoms with E-state index in [0.717, 1.165) is 0 Å². The number of hydrogen-bond acceptors (Lipinski definition) is 7. The average Bonchev–Trinajstić information content (AvgIpc) is 1.43. The summed E-state index contributed by atoms with van der Waals surface area (Å²) >= 11 is 0. The van der Waals surface area contributed by atoms with E-state index in [9.17, 15) is 23.5 Å². The van der Waals surface area contributed by atoms with Gasteiger partial charge in [-0.3, -0.25) is 9.13 Å². The molecule has 0 aliphatic carbocycles. The highest BCUT2D eigenvalue weighted by Crippen LogP contribution is 2.62. The van der Waals surface area contributed by atoms with Crippen LogP contribution in [0.15, 0.2) is 0 Å². The van der Waals surface area contributed by atoms with Gasteiger partial charge in [-0.05, 0) is 0 Å². The third-order valence-corrected chi connectivity index (χ3v) is 3.71. The minimum Gasteiger partial charge on any atom is -0.756 e. The van der Waals surface area contributed by atoms with Crippen molar-refractivity contribution >= 4 is 23.5 Å². The normalized spacial score (nSPS) is 25.6. The largest absolute Gasteiger partial charge is 0.756 e. The smallest absolute Gasteiger partial charge is 0.485 e. The van der Waals surface area contributed by atoms with Crippen molar-refractivity contribution in [1.29, 1.82) is 0 Å². The molecule has 0 amide bonds. The van der Waals surface area contributed by atoms with E-state index in [-0.39, 0.29) is 0 Å². The Labute approximate surface area is 71.2 Å². The predicted molar refractivity (Wildman–Crippen MR) is 31.6 cm³/mol. The van der Waals surface area contributed by atoms with Crippen molar-refractivity contribution in [1.82, 2.24) is 0 Å². The standard InChI is InChI=1S/H5O10P3/c1-11(2,3)9-13(7,8)10-12(4,5)6/h(H,7,8)(H2,1,2,3)(H2,4,5,6)/p-2. The molecule has 0 aliphatic heterocycles. The Hall–Kier alpha value is 0.410. The molecule has 0 fully saturated rings. The maximum absolute atomic E-state index is 10.3. The van der Waals surface area contributed by atoms with Crippen LogP contribution in [-0.4, -0.2) is 14.7 Å². The molecule has 0 heterocycles. The van der Waals surface area contributed by atoms with Crippen molar-refractivity contribution in [3.8, 4) is 0 Å². The van der Waals surface area contributed by atoms with Crippen LogP contribution in [0.5, 0.6) is 0 Å². The van der Waals surface area contributed by atoms with Crippen LogP contribution < -0.4 is 9.79 Å². The van der Waals surface area contributed by atoms with Crippen molar-refractivity contribution in [2.24, 2.45) is 0 Å². The molecule has 0 spiro atoms. The van der Waals surface area contributed by atoms with Crippen LogP contribution in [0.3, 0.4) is 0 Å². The summed E-state index contributed by atoms with van der Waals surface area (Å²) < 4.78 is 35.7. The van der Waals surface area contributed by atoms with Crippen LogP contribution in [-0.2, 0) is 22.3 Å². The van der Waals surface area contributed by atoms with E-state index in [1.54, 1.807) is 0 Å². The van der Waals surface area contributed by atoms with E-state index in [0.29, 0.717) is 0 Å². The fraction of sp³-hybridized carbons (Fsp3) is 0. The van der Waals surface area contributed by atoms with Crippen LogP contribution in [0.4, 0.5) is 0 Å². The lowest BCUT2D eigenvalue weighted by Crippen LogP contribution is -2.06. The highest BCUT2D eigenvalue weighted by atomic mass is 31.3. The molecule has 0 aromatic rings. The van der Waals surface area contributed by atoms with E-state index < -0.39 is 23.5 Å². The molecule has 0 aromatic carbocycles. The van der Waals surface area contributed by atoms with Crippen molar-refractivity contribution < 1.29 is 46.8 Å². The summed E-state index contributed by atoms with van der Waals surface area (Å²) in [7, 11) is -16.9. The van der Waals surface area contributed by atoms with Gasteiger partial charge in [-0.15, -0.1) is 0 Å². The maximum Gasteiger partial charge on any atom is 0.485 e. The van der Waals surface area contributed by atoms with Crippen LogP contribution in [0.1, 0.15) is 0 Å². The molecule has 80 valence electrons. The van der Waals surface area contributed by atoms with Crippen molar-refractivity contribution in [3.63, 3.8) is 0 Å². The maximum atomic E-state index is 10.3. The summed E-state index contributed by atoms with van der Waals surface area (Å²) in [6.07, 6.45) is 0. The lowest BCUT2D eigenvalue weighted by atomic mass is 15.7. The van der Waals surface area contributed by atoms with E-state index in [4.69, 9.17) is 14.7 Å². The van der Waals surface area contributed by atoms with Crippen LogP contribution in [0, 0.1) is 0 Å². The summed E-state index contributed by atoms with van der Waals surface area (Å²) in [4.78, 5) is 43.5. The van der Waals surface area contributed by atoms with Gasteiger partial charge in [0.2, 0.25) is 0 Å². The molecule has 2 unspecified atom stereocenters. The van der Waals surface area contributed by atoms with Crippen LogP contribution in [0.2, 0.25) is 0 Å². The van der Waals surface area contributed by atoms with Crippen LogP contribution >= 0.6 is 23.5 Å². The molecule has 10 nitrogen and oxygen atoms in total. The quantitative estimate of drug-likeness (QED) is 0.478. The van der Waals surface area contributed by atoms with E-state index >= 15 is 0 Å². The molecule has 0 aliphatic rings. The minimum atomic E-state index is -5.63. The molecule has 3 N–H and O–H groups in total. The molecule has 0 aromatic heterocycles. The van der Waals surface area contributed by atoms with Gasteiger partial charge in [0.1, 0.15) is 0 Å². The number of hydrogen-bond donors (Lipinski definition) is 3. The zero-order chi connectivity index (χ0) is 10.9. The minimum absolute atomic E-state index is 2.91. The first kappa shape index (κ1) is 13.4. The highest BCUT2D eigenvalue weighted by Gasteiger charge is 2.30. The zero-order valence-corrected chi connectivity index (χ0v) is 8.22. The van der Waals surface area contributed by atoms with Gasteiger partial charge in [-0.25, -0.2) is 13.2 Å². The molecule has 0 saturated heterocycles. The highest BCUT2D eigenvalue weighted by molar-refractivity contribution is 7.65. The molecule has 0 radical (unpaired) electrons. The Kier molecular flexibility index (Phi) is 4.00. The Morgan fingerprint density at radius 3 is 1.23 bits per heavy atom. The van der Waals surface area contributed by atoms with Gasteiger partial charge in [-0.1, -0.05) is 0 Å². The molecule has 13 heteroatoms. The number of phosphoric acid groups is 3. The van der Waals surface area contributed by atoms with Gasteiger partial charge < -0.3 is 24.5 Å². The van der Waals surface area contributed by atoms with E-state index in [2.05, 4.69) is 8.62 Å². The number of rotatable bonds is 4. The second-order valence-electron chi connectivity index (χ2n) is 1.57. The van der Waals surface area contributed by atoms with Gasteiger partial charge in [0.15, 0.2) is 0 Å². The van der Waals surface area contributed by atoms with Crippen molar-refractivity contribution in [2.45, 2.75) is 0 Å². The topological polar surface area (TPSA) is 176 Å². The molecule has 0 bridgehead atoms. The van der Waals surface area contributed by atoms with Gasteiger partial charge in [0.05, 0.1) is 0 Å². The Bertz CT molecular complexity index is 272. The first-order valence-electron chi connectivity index (χ1n) is 2.24. The average molecular weight is 256 g/mol. The van der Waals surface area contributed by atoms with Crippen molar-refractivity contribution in [2.75, 3.05) is 0 Å². The zero-order valence-electron chi connectivity index (χ0n) is 5.54. The lowest BCUT2D eigenvalue weighted by molar-refractivity contribution is -0.216. The summed E-state index contributed by atoms with van der Waals surface area (Å²) in [5.41, 5.74) is 0. The predicted octanol–water partition coefficient (Wildman–Crippen LogP) is -1.96. The molecule has 0 saturated carbocycles. The second kappa shape index (κ2) is 3.88. The van der Waals surface area contributed by atoms with Gasteiger partial charge in [0, 0.05) is 0 Å².